The predicted octanol–water partition coefficient (Wildman–Crippen LogP) is 4.89. The van der Waals surface area contributed by atoms with E-state index in [0.29, 0.717) is 24.8 Å². The van der Waals surface area contributed by atoms with Crippen molar-refractivity contribution in [3.63, 3.8) is 0 Å². The molecule has 166 valence electrons. The largest absolute Gasteiger partial charge is 0.494 e. The van der Waals surface area contributed by atoms with Gasteiger partial charge in [-0.3, -0.25) is 19.8 Å². The summed E-state index contributed by atoms with van der Waals surface area (Å²) in [6.45, 7) is 3.32. The SMILES string of the molecule is CCOc1ccc2nc(N(CCN(C)C)C(=O)c3cc(Cl)ccc3[N+](=O)[O-])sc2c1.Cl. The van der Waals surface area contributed by atoms with Crippen LogP contribution in [0.5, 0.6) is 5.75 Å². The first-order valence-corrected chi connectivity index (χ1v) is 10.4. The van der Waals surface area contributed by atoms with Crippen molar-refractivity contribution in [2.75, 3.05) is 38.7 Å². The Labute approximate surface area is 194 Å². The Morgan fingerprint density at radius 2 is 1.97 bits per heavy atom. The van der Waals surface area contributed by atoms with E-state index in [1.54, 1.807) is 0 Å². The lowest BCUT2D eigenvalue weighted by molar-refractivity contribution is -0.385. The van der Waals surface area contributed by atoms with E-state index >= 15 is 0 Å². The fourth-order valence-corrected chi connectivity index (χ4v) is 4.02. The Morgan fingerprint density at radius 3 is 2.61 bits per heavy atom. The zero-order valence-electron chi connectivity index (χ0n) is 17.2. The molecule has 2 aromatic carbocycles. The summed E-state index contributed by atoms with van der Waals surface area (Å²) in [5.41, 5.74) is 0.362. The maximum Gasteiger partial charge on any atom is 0.282 e. The van der Waals surface area contributed by atoms with Crippen molar-refractivity contribution >= 4 is 62.3 Å². The van der Waals surface area contributed by atoms with E-state index in [-0.39, 0.29) is 28.7 Å². The lowest BCUT2D eigenvalue weighted by atomic mass is 10.1. The van der Waals surface area contributed by atoms with E-state index in [2.05, 4.69) is 4.98 Å². The van der Waals surface area contributed by atoms with Gasteiger partial charge in [0.05, 0.1) is 21.7 Å². The first-order chi connectivity index (χ1) is 14.3. The Balaban J connectivity index is 0.00000341. The fourth-order valence-electron chi connectivity index (χ4n) is 2.83. The average molecular weight is 485 g/mol. The molecule has 11 heteroatoms. The van der Waals surface area contributed by atoms with E-state index in [0.717, 1.165) is 16.0 Å². The molecule has 0 aliphatic rings. The zero-order chi connectivity index (χ0) is 21.8. The van der Waals surface area contributed by atoms with Crippen LogP contribution in [0.1, 0.15) is 17.3 Å². The number of rotatable bonds is 8. The van der Waals surface area contributed by atoms with E-state index < -0.39 is 10.8 Å². The molecule has 1 heterocycles. The number of aromatic nitrogens is 1. The van der Waals surface area contributed by atoms with E-state index in [1.807, 2.05) is 44.1 Å². The van der Waals surface area contributed by atoms with Gasteiger partial charge in [-0.25, -0.2) is 4.98 Å². The summed E-state index contributed by atoms with van der Waals surface area (Å²) >= 11 is 7.36. The minimum atomic E-state index is -0.583. The quantitative estimate of drug-likeness (QED) is 0.334. The molecule has 0 bridgehead atoms. The van der Waals surface area contributed by atoms with Crippen LogP contribution in [0, 0.1) is 10.1 Å². The number of carbonyl (C=O) groups is 1. The van der Waals surface area contributed by atoms with Crippen molar-refractivity contribution in [2.45, 2.75) is 6.92 Å². The highest BCUT2D eigenvalue weighted by Crippen LogP contribution is 2.33. The van der Waals surface area contributed by atoms with Gasteiger partial charge in [0.2, 0.25) is 0 Å². The first kappa shape index (κ1) is 24.8. The smallest absolute Gasteiger partial charge is 0.282 e. The molecular weight excluding hydrogens is 463 g/mol. The number of nitro benzene ring substituents is 1. The lowest BCUT2D eigenvalue weighted by Gasteiger charge is -2.22. The molecule has 0 aliphatic heterocycles. The van der Waals surface area contributed by atoms with Crippen molar-refractivity contribution < 1.29 is 14.5 Å². The monoisotopic (exact) mass is 484 g/mol. The second kappa shape index (κ2) is 10.7. The molecule has 0 saturated heterocycles. The number of amides is 1. The topological polar surface area (TPSA) is 88.8 Å². The average Bonchev–Trinajstić information content (AvgIpc) is 3.10. The van der Waals surface area contributed by atoms with Crippen molar-refractivity contribution in [1.82, 2.24) is 9.88 Å². The molecule has 0 spiro atoms. The third-order valence-corrected chi connectivity index (χ3v) is 5.57. The van der Waals surface area contributed by atoms with E-state index in [9.17, 15) is 14.9 Å². The van der Waals surface area contributed by atoms with E-state index in [1.165, 1.54) is 34.4 Å². The number of hydrogen-bond acceptors (Lipinski definition) is 7. The highest BCUT2D eigenvalue weighted by atomic mass is 35.5. The number of halogens is 2. The summed E-state index contributed by atoms with van der Waals surface area (Å²) in [5, 5.41) is 12.2. The molecule has 0 unspecified atom stereocenters. The lowest BCUT2D eigenvalue weighted by Crippen LogP contribution is -2.37. The second-order valence-corrected chi connectivity index (χ2v) is 8.18. The molecule has 0 aliphatic carbocycles. The third-order valence-electron chi connectivity index (χ3n) is 4.29. The van der Waals surface area contributed by atoms with Gasteiger partial charge in [-0.2, -0.15) is 0 Å². The van der Waals surface area contributed by atoms with E-state index in [4.69, 9.17) is 16.3 Å². The molecular formula is C20H22Cl2N4O4S. The summed E-state index contributed by atoms with van der Waals surface area (Å²) in [6.07, 6.45) is 0. The molecule has 3 rings (SSSR count). The molecule has 0 radical (unpaired) electrons. The predicted molar refractivity (Wildman–Crippen MR) is 126 cm³/mol. The summed E-state index contributed by atoms with van der Waals surface area (Å²) in [6, 6.07) is 9.49. The number of likely N-dealkylation sites (N-methyl/N-ethyl adjacent to an activating group) is 1. The van der Waals surface area contributed by atoms with Gasteiger partial charge in [0.1, 0.15) is 11.3 Å². The number of fused-ring (bicyclic) bond motifs is 1. The Morgan fingerprint density at radius 1 is 1.23 bits per heavy atom. The zero-order valence-corrected chi connectivity index (χ0v) is 19.6. The number of ether oxygens (including phenoxy) is 1. The van der Waals surface area contributed by atoms with Gasteiger partial charge in [-0.1, -0.05) is 22.9 Å². The van der Waals surface area contributed by atoms with Gasteiger partial charge in [0.15, 0.2) is 5.13 Å². The number of nitro groups is 1. The van der Waals surface area contributed by atoms with Crippen LogP contribution in [-0.2, 0) is 0 Å². The molecule has 1 aromatic heterocycles. The molecule has 0 fully saturated rings. The van der Waals surface area contributed by atoms with Crippen molar-refractivity contribution in [2.24, 2.45) is 0 Å². The number of nitrogens with zero attached hydrogens (tertiary/aromatic N) is 4. The minimum absolute atomic E-state index is 0. The van der Waals surface area contributed by atoms with Crippen molar-refractivity contribution in [3.8, 4) is 5.75 Å². The van der Waals surface area contributed by atoms with Crippen LogP contribution in [0.15, 0.2) is 36.4 Å². The van der Waals surface area contributed by atoms with Crippen LogP contribution in [0.3, 0.4) is 0 Å². The summed E-state index contributed by atoms with van der Waals surface area (Å²) in [4.78, 5) is 32.2. The van der Waals surface area contributed by atoms with Crippen LogP contribution in [0.25, 0.3) is 10.2 Å². The molecule has 0 saturated carbocycles. The fraction of sp³-hybridized carbons (Fsp3) is 0.300. The summed E-state index contributed by atoms with van der Waals surface area (Å²) in [7, 11) is 3.77. The Bertz CT molecular complexity index is 1090. The van der Waals surface area contributed by atoms with Gasteiger partial charge < -0.3 is 9.64 Å². The molecule has 0 N–H and O–H groups in total. The van der Waals surface area contributed by atoms with Gasteiger partial charge >= 0.3 is 0 Å². The van der Waals surface area contributed by atoms with Gasteiger partial charge in [0.25, 0.3) is 11.6 Å². The normalized spacial score (nSPS) is 10.7. The van der Waals surface area contributed by atoms with Crippen LogP contribution in [0.4, 0.5) is 10.8 Å². The summed E-state index contributed by atoms with van der Waals surface area (Å²) in [5.74, 6) is 0.201. The summed E-state index contributed by atoms with van der Waals surface area (Å²) < 4.78 is 6.40. The van der Waals surface area contributed by atoms with Crippen LogP contribution in [-0.4, -0.2) is 54.5 Å². The number of anilines is 1. The highest BCUT2D eigenvalue weighted by molar-refractivity contribution is 7.22. The standard InChI is InChI=1S/C20H21ClN4O4S.ClH/c1-4-29-14-6-7-16-18(12-14)30-20(22-16)24(10-9-23(2)3)19(26)15-11-13(21)5-8-17(15)25(27)28;/h5-8,11-12H,4,9-10H2,1-3H3;1H. The van der Waals surface area contributed by atoms with Gasteiger partial charge in [0, 0.05) is 24.2 Å². The minimum Gasteiger partial charge on any atom is -0.494 e. The van der Waals surface area contributed by atoms with Crippen molar-refractivity contribution in [3.05, 3.63) is 57.1 Å². The molecule has 1 amide bonds. The Kier molecular flexibility index (Phi) is 8.58. The van der Waals surface area contributed by atoms with Crippen LogP contribution in [0.2, 0.25) is 5.02 Å². The third kappa shape index (κ3) is 5.82. The van der Waals surface area contributed by atoms with Gasteiger partial charge in [-0.05, 0) is 51.4 Å². The van der Waals surface area contributed by atoms with Crippen LogP contribution < -0.4 is 9.64 Å². The van der Waals surface area contributed by atoms with Gasteiger partial charge in [-0.15, -0.1) is 12.4 Å². The molecule has 0 atom stereocenters. The number of carbonyl (C=O) groups excluding carboxylic acids is 1. The number of thiazole rings is 1. The first-order valence-electron chi connectivity index (χ1n) is 9.24. The highest BCUT2D eigenvalue weighted by Gasteiger charge is 2.28. The maximum atomic E-state index is 13.4. The maximum absolute atomic E-state index is 13.4. The second-order valence-electron chi connectivity index (χ2n) is 6.74. The number of benzene rings is 2. The molecule has 3 aromatic rings. The van der Waals surface area contributed by atoms with Crippen molar-refractivity contribution in [1.29, 1.82) is 0 Å². The Hall–Kier alpha value is -2.46. The molecule has 31 heavy (non-hydrogen) atoms. The van der Waals surface area contributed by atoms with Crippen LogP contribution >= 0.6 is 35.3 Å². The molecule has 8 nitrogen and oxygen atoms in total. The number of hydrogen-bond donors (Lipinski definition) is 0.